The first-order valence-corrected chi connectivity index (χ1v) is 7.87. The predicted molar refractivity (Wildman–Crippen MR) is 76.2 cm³/mol. The normalized spacial score (nSPS) is 16.3. The highest BCUT2D eigenvalue weighted by Gasteiger charge is 2.25. The van der Waals surface area contributed by atoms with Gasteiger partial charge in [-0.2, -0.15) is 12.7 Å². The molecule has 0 unspecified atom stereocenters. The molecular formula is C13H18N2O4S. The minimum atomic E-state index is -3.59. The second-order valence-electron chi connectivity index (χ2n) is 4.98. The lowest BCUT2D eigenvalue weighted by Crippen LogP contribution is -2.33. The van der Waals surface area contributed by atoms with Gasteiger partial charge < -0.3 is 5.11 Å². The molecule has 0 bridgehead atoms. The van der Waals surface area contributed by atoms with Crippen LogP contribution in [0, 0.1) is 13.8 Å². The summed E-state index contributed by atoms with van der Waals surface area (Å²) in [6.07, 6.45) is 1.71. The smallest absolute Gasteiger partial charge is 0.336 e. The number of aryl methyl sites for hydroxylation is 1. The number of hydrogen-bond donors (Lipinski definition) is 2. The van der Waals surface area contributed by atoms with Crippen molar-refractivity contribution in [1.29, 1.82) is 0 Å². The molecule has 1 aromatic carbocycles. The van der Waals surface area contributed by atoms with Crippen molar-refractivity contribution in [2.24, 2.45) is 0 Å². The zero-order valence-corrected chi connectivity index (χ0v) is 12.3. The Morgan fingerprint density at radius 2 is 1.85 bits per heavy atom. The molecule has 0 aliphatic carbocycles. The summed E-state index contributed by atoms with van der Waals surface area (Å²) < 4.78 is 28.1. The van der Waals surface area contributed by atoms with Gasteiger partial charge in [-0.15, -0.1) is 0 Å². The van der Waals surface area contributed by atoms with E-state index in [2.05, 4.69) is 4.72 Å². The Bertz CT molecular complexity index is 634. The van der Waals surface area contributed by atoms with Gasteiger partial charge in [0.1, 0.15) is 0 Å². The Labute approximate surface area is 118 Å². The number of hydrogen-bond acceptors (Lipinski definition) is 3. The fourth-order valence-electron chi connectivity index (χ4n) is 2.28. The average Bonchev–Trinajstić information content (AvgIpc) is 2.87. The molecule has 6 nitrogen and oxygen atoms in total. The Morgan fingerprint density at radius 3 is 2.40 bits per heavy atom. The number of anilines is 1. The van der Waals surface area contributed by atoms with Crippen molar-refractivity contribution in [2.75, 3.05) is 17.8 Å². The number of benzene rings is 1. The Balaban J connectivity index is 2.32. The van der Waals surface area contributed by atoms with Gasteiger partial charge in [-0.25, -0.2) is 4.79 Å². The standard InChI is InChI=1S/C13H18N2O4S/c1-9-7-11(8-12(10(9)2)13(16)17)14-20(18,19)15-5-3-4-6-15/h7-8,14H,3-6H2,1-2H3,(H,16,17). The van der Waals surface area contributed by atoms with Crippen molar-refractivity contribution >= 4 is 21.9 Å². The van der Waals surface area contributed by atoms with E-state index in [4.69, 9.17) is 5.11 Å². The molecule has 1 aromatic rings. The minimum Gasteiger partial charge on any atom is -0.478 e. The predicted octanol–water partition coefficient (Wildman–Crippen LogP) is 1.75. The fraction of sp³-hybridized carbons (Fsp3) is 0.462. The molecule has 0 aromatic heterocycles. The first-order chi connectivity index (χ1) is 9.31. The monoisotopic (exact) mass is 298 g/mol. The lowest BCUT2D eigenvalue weighted by Gasteiger charge is -2.18. The highest BCUT2D eigenvalue weighted by atomic mass is 32.2. The summed E-state index contributed by atoms with van der Waals surface area (Å²) in [5.74, 6) is -1.06. The van der Waals surface area contributed by atoms with Crippen LogP contribution in [0.15, 0.2) is 12.1 Å². The summed E-state index contributed by atoms with van der Waals surface area (Å²) in [5.41, 5.74) is 1.78. The number of nitrogens with zero attached hydrogens (tertiary/aromatic N) is 1. The molecule has 1 aliphatic heterocycles. The van der Waals surface area contributed by atoms with Crippen LogP contribution >= 0.6 is 0 Å². The van der Waals surface area contributed by atoms with Gasteiger partial charge in [0.2, 0.25) is 0 Å². The van der Waals surface area contributed by atoms with E-state index in [9.17, 15) is 13.2 Å². The summed E-state index contributed by atoms with van der Waals surface area (Å²) in [4.78, 5) is 11.2. The zero-order chi connectivity index (χ0) is 14.9. The summed E-state index contributed by atoms with van der Waals surface area (Å²) in [6, 6.07) is 3.01. The van der Waals surface area contributed by atoms with Gasteiger partial charge in [-0.05, 0) is 49.9 Å². The van der Waals surface area contributed by atoms with Gasteiger partial charge in [-0.3, -0.25) is 4.72 Å². The maximum atomic E-state index is 12.1. The summed E-state index contributed by atoms with van der Waals surface area (Å²) >= 11 is 0. The van der Waals surface area contributed by atoms with Crippen LogP contribution in [0.5, 0.6) is 0 Å². The van der Waals surface area contributed by atoms with Crippen LogP contribution in [0.4, 0.5) is 5.69 Å². The highest BCUT2D eigenvalue weighted by molar-refractivity contribution is 7.90. The van der Waals surface area contributed by atoms with Gasteiger partial charge in [0, 0.05) is 13.1 Å². The molecule has 0 amide bonds. The largest absolute Gasteiger partial charge is 0.478 e. The van der Waals surface area contributed by atoms with Crippen LogP contribution in [0.3, 0.4) is 0 Å². The lowest BCUT2D eigenvalue weighted by molar-refractivity contribution is 0.0696. The minimum absolute atomic E-state index is 0.115. The molecule has 1 aliphatic rings. The Hall–Kier alpha value is -1.60. The first-order valence-electron chi connectivity index (χ1n) is 6.43. The van der Waals surface area contributed by atoms with E-state index in [1.54, 1.807) is 19.9 Å². The van der Waals surface area contributed by atoms with Crippen LogP contribution in [0.25, 0.3) is 0 Å². The molecule has 0 saturated carbocycles. The third kappa shape index (κ3) is 2.94. The van der Waals surface area contributed by atoms with Crippen molar-refractivity contribution in [3.05, 3.63) is 28.8 Å². The molecule has 20 heavy (non-hydrogen) atoms. The van der Waals surface area contributed by atoms with Crippen LogP contribution in [0.1, 0.15) is 34.3 Å². The number of carbonyl (C=O) groups is 1. The number of aromatic carboxylic acids is 1. The van der Waals surface area contributed by atoms with Crippen molar-refractivity contribution < 1.29 is 18.3 Å². The second kappa shape index (κ2) is 5.41. The molecule has 0 spiro atoms. The summed E-state index contributed by atoms with van der Waals surface area (Å²) in [5, 5.41) is 9.14. The topological polar surface area (TPSA) is 86.7 Å². The van der Waals surface area contributed by atoms with Crippen molar-refractivity contribution in [3.8, 4) is 0 Å². The van der Waals surface area contributed by atoms with Crippen LogP contribution in [0.2, 0.25) is 0 Å². The summed E-state index contributed by atoms with van der Waals surface area (Å²) in [7, 11) is -3.59. The van der Waals surface area contributed by atoms with E-state index in [0.29, 0.717) is 18.7 Å². The molecule has 1 heterocycles. The van der Waals surface area contributed by atoms with Crippen molar-refractivity contribution in [3.63, 3.8) is 0 Å². The third-order valence-corrected chi connectivity index (χ3v) is 5.09. The molecular weight excluding hydrogens is 280 g/mol. The molecule has 0 atom stereocenters. The van der Waals surface area contributed by atoms with Gasteiger partial charge >= 0.3 is 16.2 Å². The van der Waals surface area contributed by atoms with Gasteiger partial charge in [0.05, 0.1) is 11.3 Å². The Kier molecular flexibility index (Phi) is 4.01. The highest BCUT2D eigenvalue weighted by Crippen LogP contribution is 2.22. The maximum Gasteiger partial charge on any atom is 0.336 e. The number of carboxylic acids is 1. The number of carboxylic acid groups (broad SMARTS) is 1. The molecule has 2 N–H and O–H groups in total. The average molecular weight is 298 g/mol. The van der Waals surface area contributed by atoms with E-state index in [-0.39, 0.29) is 11.3 Å². The fourth-order valence-corrected chi connectivity index (χ4v) is 3.57. The van der Waals surface area contributed by atoms with Crippen LogP contribution in [-0.4, -0.2) is 36.9 Å². The molecule has 7 heteroatoms. The number of nitrogens with one attached hydrogen (secondary N) is 1. The Morgan fingerprint density at radius 1 is 1.25 bits per heavy atom. The summed E-state index contributed by atoms with van der Waals surface area (Å²) in [6.45, 7) is 4.48. The van der Waals surface area contributed by atoms with Crippen LogP contribution < -0.4 is 4.72 Å². The maximum absolute atomic E-state index is 12.1. The zero-order valence-electron chi connectivity index (χ0n) is 11.5. The van der Waals surface area contributed by atoms with E-state index < -0.39 is 16.2 Å². The van der Waals surface area contributed by atoms with E-state index in [0.717, 1.165) is 18.4 Å². The van der Waals surface area contributed by atoms with E-state index >= 15 is 0 Å². The SMILES string of the molecule is Cc1cc(NS(=O)(=O)N2CCCC2)cc(C(=O)O)c1C. The van der Waals surface area contributed by atoms with Crippen LogP contribution in [-0.2, 0) is 10.2 Å². The molecule has 2 rings (SSSR count). The second-order valence-corrected chi connectivity index (χ2v) is 6.65. The molecule has 1 fully saturated rings. The van der Waals surface area contributed by atoms with Crippen molar-refractivity contribution in [2.45, 2.75) is 26.7 Å². The van der Waals surface area contributed by atoms with Gasteiger partial charge in [0.15, 0.2) is 0 Å². The van der Waals surface area contributed by atoms with E-state index in [1.165, 1.54) is 10.4 Å². The van der Waals surface area contributed by atoms with Gasteiger partial charge in [0.25, 0.3) is 0 Å². The quantitative estimate of drug-likeness (QED) is 0.886. The first kappa shape index (κ1) is 14.8. The molecule has 1 saturated heterocycles. The number of rotatable bonds is 4. The van der Waals surface area contributed by atoms with Gasteiger partial charge in [-0.1, -0.05) is 0 Å². The molecule has 110 valence electrons. The third-order valence-electron chi connectivity index (χ3n) is 3.55. The van der Waals surface area contributed by atoms with Crippen molar-refractivity contribution in [1.82, 2.24) is 4.31 Å². The molecule has 0 radical (unpaired) electrons. The lowest BCUT2D eigenvalue weighted by atomic mass is 10.0. The van der Waals surface area contributed by atoms with E-state index in [1.807, 2.05) is 0 Å².